The second-order valence-electron chi connectivity index (χ2n) is 7.42. The van der Waals surface area contributed by atoms with Gasteiger partial charge in [0.25, 0.3) is 0 Å². The van der Waals surface area contributed by atoms with E-state index < -0.39 is 0 Å². The number of thioether (sulfide) groups is 1. The molecule has 2 aliphatic heterocycles. The molecule has 1 aromatic rings. The van der Waals surface area contributed by atoms with Crippen molar-refractivity contribution in [2.75, 3.05) is 38.5 Å². The Morgan fingerprint density at radius 3 is 2.63 bits per heavy atom. The van der Waals surface area contributed by atoms with Crippen molar-refractivity contribution in [3.63, 3.8) is 0 Å². The molecule has 160 valence electrons. The zero-order valence-corrected chi connectivity index (χ0v) is 19.2. The predicted molar refractivity (Wildman–Crippen MR) is 125 cm³/mol. The van der Waals surface area contributed by atoms with Crippen molar-refractivity contribution < 1.29 is 9.47 Å². The molecule has 30 heavy (non-hydrogen) atoms. The van der Waals surface area contributed by atoms with Crippen LogP contribution in [0.25, 0.3) is 0 Å². The third-order valence-corrected chi connectivity index (χ3v) is 7.46. The maximum atomic E-state index is 6.26. The van der Waals surface area contributed by atoms with Gasteiger partial charge in [-0.1, -0.05) is 47.5 Å². The predicted octanol–water partition coefficient (Wildman–Crippen LogP) is 6.06. The van der Waals surface area contributed by atoms with Gasteiger partial charge in [-0.25, -0.2) is 0 Å². The molecule has 0 atom stereocenters. The van der Waals surface area contributed by atoms with Gasteiger partial charge in [0, 0.05) is 31.1 Å². The van der Waals surface area contributed by atoms with Crippen molar-refractivity contribution in [1.82, 2.24) is 9.80 Å². The lowest BCUT2D eigenvalue weighted by atomic mass is 10.0. The van der Waals surface area contributed by atoms with Crippen LogP contribution in [0.2, 0.25) is 10.0 Å². The highest BCUT2D eigenvalue weighted by Crippen LogP contribution is 2.33. The summed E-state index contributed by atoms with van der Waals surface area (Å²) in [4.78, 5) is 5.81. The Balaban J connectivity index is 1.16. The number of hydrogen-bond acceptors (Lipinski definition) is 5. The number of benzene rings is 1. The molecule has 0 N–H and O–H groups in total. The summed E-state index contributed by atoms with van der Waals surface area (Å²) in [5.74, 6) is 2.65. The highest BCUT2D eigenvalue weighted by Gasteiger charge is 2.22. The van der Waals surface area contributed by atoms with Crippen LogP contribution in [-0.4, -0.2) is 48.3 Å². The van der Waals surface area contributed by atoms with Crippen molar-refractivity contribution in [2.24, 2.45) is 0 Å². The monoisotopic (exact) mass is 464 g/mol. The van der Waals surface area contributed by atoms with Crippen LogP contribution < -0.4 is 0 Å². The molecule has 3 aliphatic rings. The van der Waals surface area contributed by atoms with Crippen LogP contribution >= 0.6 is 35.0 Å². The van der Waals surface area contributed by atoms with Gasteiger partial charge in [0.1, 0.15) is 6.26 Å². The average Bonchev–Trinajstić information content (AvgIpc) is 2.80. The Hall–Kier alpha value is -1.53. The van der Waals surface area contributed by atoms with Gasteiger partial charge in [-0.2, -0.15) is 0 Å². The third-order valence-electron chi connectivity index (χ3n) is 5.38. The summed E-state index contributed by atoms with van der Waals surface area (Å²) < 4.78 is 11.7. The van der Waals surface area contributed by atoms with Gasteiger partial charge in [0.05, 0.1) is 10.0 Å². The van der Waals surface area contributed by atoms with Crippen LogP contribution in [-0.2, 0) is 9.47 Å². The van der Waals surface area contributed by atoms with E-state index in [1.54, 1.807) is 24.3 Å². The van der Waals surface area contributed by atoms with E-state index in [2.05, 4.69) is 28.0 Å². The van der Waals surface area contributed by atoms with Gasteiger partial charge < -0.3 is 14.4 Å². The van der Waals surface area contributed by atoms with Crippen molar-refractivity contribution in [3.05, 3.63) is 76.2 Å². The summed E-state index contributed by atoms with van der Waals surface area (Å²) in [6.07, 6.45) is 13.0. The highest BCUT2D eigenvalue weighted by molar-refractivity contribution is 7.99. The average molecular weight is 465 g/mol. The maximum Gasteiger partial charge on any atom is 0.231 e. The molecule has 1 aromatic carbocycles. The molecule has 0 saturated carbocycles. The molecule has 7 heteroatoms. The maximum absolute atomic E-state index is 6.26. The quantitative estimate of drug-likeness (QED) is 0.360. The summed E-state index contributed by atoms with van der Waals surface area (Å²) in [5, 5.41) is 1.28. The van der Waals surface area contributed by atoms with Gasteiger partial charge in [-0.05, 0) is 49.3 Å². The van der Waals surface area contributed by atoms with E-state index in [-0.39, 0.29) is 0 Å². The minimum absolute atomic E-state index is 0.621. The number of ether oxygens (including phenoxy) is 2. The van der Waals surface area contributed by atoms with Crippen LogP contribution in [0.5, 0.6) is 0 Å². The Morgan fingerprint density at radius 2 is 1.90 bits per heavy atom. The number of piperazine rings is 1. The molecular formula is C23H26Cl2N2O2S. The Morgan fingerprint density at radius 1 is 1.03 bits per heavy atom. The lowest BCUT2D eigenvalue weighted by molar-refractivity contribution is 0.0848. The first kappa shape index (κ1) is 21.7. The molecule has 0 radical (unpaired) electrons. The lowest BCUT2D eigenvalue weighted by Crippen LogP contribution is -2.46. The molecular weight excluding hydrogens is 439 g/mol. The minimum Gasteiger partial charge on any atom is -0.456 e. The van der Waals surface area contributed by atoms with Crippen molar-refractivity contribution in [2.45, 2.75) is 24.2 Å². The molecule has 1 fully saturated rings. The number of nitrogens with zero attached hydrogens (tertiary/aromatic N) is 2. The molecule has 0 aromatic heterocycles. The fourth-order valence-electron chi connectivity index (χ4n) is 3.65. The molecule has 0 amide bonds. The molecule has 4 nitrogen and oxygen atoms in total. The lowest BCUT2D eigenvalue weighted by Gasteiger charge is -2.36. The van der Waals surface area contributed by atoms with E-state index in [1.807, 2.05) is 18.2 Å². The van der Waals surface area contributed by atoms with Gasteiger partial charge in [0.15, 0.2) is 12.0 Å². The van der Waals surface area contributed by atoms with E-state index in [4.69, 9.17) is 32.7 Å². The second-order valence-corrected chi connectivity index (χ2v) is 9.34. The number of allylic oxidation sites excluding steroid dienone is 4. The van der Waals surface area contributed by atoms with E-state index in [9.17, 15) is 0 Å². The van der Waals surface area contributed by atoms with Gasteiger partial charge in [0.2, 0.25) is 5.88 Å². The van der Waals surface area contributed by atoms with Crippen molar-refractivity contribution in [3.8, 4) is 0 Å². The number of rotatable bonds is 7. The molecule has 2 heterocycles. The molecule has 0 spiro atoms. The van der Waals surface area contributed by atoms with Gasteiger partial charge in [-0.15, -0.1) is 11.8 Å². The highest BCUT2D eigenvalue weighted by atomic mass is 35.5. The fourth-order valence-corrected chi connectivity index (χ4v) is 5.07. The molecule has 0 bridgehead atoms. The topological polar surface area (TPSA) is 24.9 Å². The Bertz CT molecular complexity index is 874. The van der Waals surface area contributed by atoms with Crippen molar-refractivity contribution >= 4 is 35.0 Å². The molecule has 0 unspecified atom stereocenters. The summed E-state index contributed by atoms with van der Waals surface area (Å²) in [7, 11) is 0. The van der Waals surface area contributed by atoms with E-state index in [1.165, 1.54) is 5.57 Å². The smallest absolute Gasteiger partial charge is 0.231 e. The van der Waals surface area contributed by atoms with Gasteiger partial charge in [-0.3, -0.25) is 4.90 Å². The SMILES string of the molecule is Clc1cccc(SCCCN2CCN(C3=COC(C4=CC=CCC4)=CO3)CC2)c1Cl. The summed E-state index contributed by atoms with van der Waals surface area (Å²) in [6.45, 7) is 5.01. The normalized spacial score (nSPS) is 19.5. The first-order valence-corrected chi connectivity index (χ1v) is 12.1. The van der Waals surface area contributed by atoms with Crippen LogP contribution in [0.4, 0.5) is 0 Å². The second kappa shape index (κ2) is 10.7. The zero-order chi connectivity index (χ0) is 20.8. The molecule has 1 saturated heterocycles. The van der Waals surface area contributed by atoms with Crippen LogP contribution in [0.3, 0.4) is 0 Å². The first-order chi connectivity index (χ1) is 14.7. The first-order valence-electron chi connectivity index (χ1n) is 10.3. The van der Waals surface area contributed by atoms with E-state index >= 15 is 0 Å². The summed E-state index contributed by atoms with van der Waals surface area (Å²) >= 11 is 14.1. The summed E-state index contributed by atoms with van der Waals surface area (Å²) in [5.41, 5.74) is 1.19. The standard InChI is InChI=1S/C23H26Cl2N2O2S/c24-19-8-4-9-21(23(19)25)30-15-5-10-26-11-13-27(14-12-26)22-17-28-20(16-29-22)18-6-2-1-3-7-18/h1-2,4,6,8-9,16-17H,3,5,7,10-15H2. The van der Waals surface area contributed by atoms with Crippen LogP contribution in [0.1, 0.15) is 19.3 Å². The van der Waals surface area contributed by atoms with Gasteiger partial charge >= 0.3 is 0 Å². The van der Waals surface area contributed by atoms with Crippen molar-refractivity contribution in [1.29, 1.82) is 0 Å². The number of halogens is 2. The molecule has 4 rings (SSSR count). The summed E-state index contributed by atoms with van der Waals surface area (Å²) in [6, 6.07) is 5.80. The van der Waals surface area contributed by atoms with E-state index in [0.717, 1.165) is 74.3 Å². The molecule has 1 aliphatic carbocycles. The van der Waals surface area contributed by atoms with Crippen LogP contribution in [0.15, 0.2) is 71.1 Å². The largest absolute Gasteiger partial charge is 0.456 e. The number of hydrogen-bond donors (Lipinski definition) is 0. The Kier molecular flexibility index (Phi) is 7.72. The van der Waals surface area contributed by atoms with E-state index in [0.29, 0.717) is 10.0 Å². The van der Waals surface area contributed by atoms with Crippen LogP contribution in [0, 0.1) is 0 Å². The Labute approximate surface area is 192 Å². The third kappa shape index (κ3) is 5.58. The minimum atomic E-state index is 0.621. The fraction of sp³-hybridized carbons (Fsp3) is 0.391. The zero-order valence-electron chi connectivity index (χ0n) is 16.9.